The van der Waals surface area contributed by atoms with E-state index in [2.05, 4.69) is 5.32 Å². The summed E-state index contributed by atoms with van der Waals surface area (Å²) in [7, 11) is 0. The molecule has 2 saturated heterocycles. The van der Waals surface area contributed by atoms with Gasteiger partial charge in [0.05, 0.1) is 0 Å². The number of carbonyl (C=O) groups is 1. The van der Waals surface area contributed by atoms with E-state index in [1.54, 1.807) is 0 Å². The lowest BCUT2D eigenvalue weighted by atomic mass is 9.91. The summed E-state index contributed by atoms with van der Waals surface area (Å²) in [6.45, 7) is 0. The Labute approximate surface area is 112 Å². The maximum Gasteiger partial charge on any atom is 0.248 e. The van der Waals surface area contributed by atoms with Crippen LogP contribution in [-0.2, 0) is 4.79 Å². The average molecular weight is 264 g/mol. The summed E-state index contributed by atoms with van der Waals surface area (Å²) in [5.74, 6) is 0.187. The molecule has 2 heterocycles. The van der Waals surface area contributed by atoms with Crippen molar-refractivity contribution in [3.63, 3.8) is 0 Å². The van der Waals surface area contributed by atoms with Crippen molar-refractivity contribution in [3.05, 3.63) is 11.8 Å². The molecule has 6 heteroatoms. The third-order valence-electron chi connectivity index (χ3n) is 4.63. The van der Waals surface area contributed by atoms with Crippen LogP contribution >= 0.6 is 0 Å². The van der Waals surface area contributed by atoms with Crippen molar-refractivity contribution in [1.29, 1.82) is 5.41 Å². The van der Waals surface area contributed by atoms with Crippen molar-refractivity contribution >= 4 is 11.7 Å². The van der Waals surface area contributed by atoms with Gasteiger partial charge >= 0.3 is 0 Å². The second-order valence-corrected chi connectivity index (χ2v) is 5.75. The van der Waals surface area contributed by atoms with Gasteiger partial charge in [0.1, 0.15) is 17.6 Å². The number of nitrogens with two attached hydrogens (primary N) is 1. The number of amidine groups is 1. The molecule has 0 aromatic rings. The minimum absolute atomic E-state index is 0.173. The molecule has 1 spiro atoms. The molecular weight excluding hydrogens is 244 g/mol. The molecule has 0 aromatic carbocycles. The normalized spacial score (nSPS) is 37.8. The van der Waals surface area contributed by atoms with E-state index in [-0.39, 0.29) is 11.9 Å². The first kappa shape index (κ1) is 12.5. The van der Waals surface area contributed by atoms with Crippen LogP contribution in [0.5, 0.6) is 0 Å². The van der Waals surface area contributed by atoms with Crippen molar-refractivity contribution in [2.45, 2.75) is 56.3 Å². The summed E-state index contributed by atoms with van der Waals surface area (Å²) in [5.41, 5.74) is 5.50. The molecule has 5 N–H and O–H groups in total. The van der Waals surface area contributed by atoms with Crippen molar-refractivity contribution in [2.24, 2.45) is 5.73 Å². The Hall–Kier alpha value is -1.56. The summed E-state index contributed by atoms with van der Waals surface area (Å²) in [6, 6.07) is 0.223. The molecule has 3 rings (SSSR count). The third-order valence-corrected chi connectivity index (χ3v) is 4.63. The van der Waals surface area contributed by atoms with Crippen LogP contribution in [-0.4, -0.2) is 39.6 Å². The molecule has 2 atom stereocenters. The first-order chi connectivity index (χ1) is 9.08. The summed E-state index contributed by atoms with van der Waals surface area (Å²) < 4.78 is 0. The zero-order chi connectivity index (χ0) is 13.6. The van der Waals surface area contributed by atoms with Crippen LogP contribution in [0.3, 0.4) is 0 Å². The molecule has 3 fully saturated rings. The largest absolute Gasteiger partial charge is 0.404 e. The Morgan fingerprint density at radius 3 is 2.68 bits per heavy atom. The number of likely N-dealkylation sites (tertiary alicyclic amines) is 1. The number of amides is 1. The molecule has 104 valence electrons. The highest BCUT2D eigenvalue weighted by Crippen LogP contribution is 2.44. The zero-order valence-electron chi connectivity index (χ0n) is 10.9. The zero-order valence-corrected chi connectivity index (χ0v) is 10.9. The smallest absolute Gasteiger partial charge is 0.248 e. The Morgan fingerprint density at radius 1 is 1.47 bits per heavy atom. The van der Waals surface area contributed by atoms with Gasteiger partial charge in [0.25, 0.3) is 0 Å². The summed E-state index contributed by atoms with van der Waals surface area (Å²) >= 11 is 0. The van der Waals surface area contributed by atoms with E-state index >= 15 is 0 Å². The predicted octanol–water partition coefficient (Wildman–Crippen LogP) is 0.0317. The molecule has 3 aliphatic rings. The molecule has 1 saturated carbocycles. The number of hydrogen-bond donors (Lipinski definition) is 4. The fraction of sp³-hybridized carbons (Fsp3) is 0.692. The number of aliphatic hydroxyl groups is 1. The molecule has 2 unspecified atom stereocenters. The van der Waals surface area contributed by atoms with Crippen LogP contribution < -0.4 is 11.1 Å². The molecule has 0 radical (unpaired) electrons. The Balaban J connectivity index is 2.01. The summed E-state index contributed by atoms with van der Waals surface area (Å²) in [6.07, 6.45) is 5.66. The Kier molecular flexibility index (Phi) is 2.78. The minimum atomic E-state index is -0.818. The van der Waals surface area contributed by atoms with Gasteiger partial charge in [0.15, 0.2) is 0 Å². The number of nitrogens with zero attached hydrogens (tertiary/aromatic N) is 1. The van der Waals surface area contributed by atoms with Gasteiger partial charge in [-0.15, -0.1) is 0 Å². The quantitative estimate of drug-likeness (QED) is 0.536. The molecule has 1 amide bonds. The van der Waals surface area contributed by atoms with Crippen LogP contribution in [0, 0.1) is 5.41 Å². The van der Waals surface area contributed by atoms with Crippen LogP contribution in [0.1, 0.15) is 38.5 Å². The van der Waals surface area contributed by atoms with Crippen molar-refractivity contribution < 1.29 is 9.90 Å². The molecule has 19 heavy (non-hydrogen) atoms. The van der Waals surface area contributed by atoms with Crippen LogP contribution in [0.4, 0.5) is 0 Å². The van der Waals surface area contributed by atoms with E-state index < -0.39 is 11.8 Å². The number of nitrogens with one attached hydrogen (secondary N) is 2. The lowest BCUT2D eigenvalue weighted by Gasteiger charge is -2.38. The topological polar surface area (TPSA) is 102 Å². The number of hydrogen-bond acceptors (Lipinski definition) is 4. The van der Waals surface area contributed by atoms with Gasteiger partial charge in [-0.25, -0.2) is 0 Å². The molecule has 1 aliphatic carbocycles. The van der Waals surface area contributed by atoms with Gasteiger partial charge in [0.2, 0.25) is 5.91 Å². The first-order valence-corrected chi connectivity index (χ1v) is 6.86. The SMILES string of the molecule is N=C1/C(=C\N)CC2(CC(O)NC2=O)N1C1CCCC1. The number of carbonyl (C=O) groups excluding carboxylic acids is 1. The Morgan fingerprint density at radius 2 is 2.16 bits per heavy atom. The summed E-state index contributed by atoms with van der Waals surface area (Å²) in [4.78, 5) is 14.2. The fourth-order valence-corrected chi connectivity index (χ4v) is 3.79. The maximum atomic E-state index is 12.3. The molecular formula is C13H20N4O2. The van der Waals surface area contributed by atoms with E-state index in [9.17, 15) is 9.90 Å². The molecule has 2 aliphatic heterocycles. The molecule has 6 nitrogen and oxygen atoms in total. The minimum Gasteiger partial charge on any atom is -0.404 e. The van der Waals surface area contributed by atoms with E-state index in [1.807, 2.05) is 4.90 Å². The Bertz CT molecular complexity index is 456. The number of aliphatic hydroxyl groups excluding tert-OH is 1. The highest BCUT2D eigenvalue weighted by Gasteiger charge is 2.58. The van der Waals surface area contributed by atoms with Crippen molar-refractivity contribution in [2.75, 3.05) is 0 Å². The van der Waals surface area contributed by atoms with E-state index in [0.29, 0.717) is 24.3 Å². The van der Waals surface area contributed by atoms with Crippen molar-refractivity contribution in [1.82, 2.24) is 10.2 Å². The van der Waals surface area contributed by atoms with Gasteiger partial charge < -0.3 is 21.1 Å². The maximum absolute atomic E-state index is 12.3. The second kappa shape index (κ2) is 4.23. The average Bonchev–Trinajstić information content (AvgIpc) is 3.01. The highest BCUT2D eigenvalue weighted by atomic mass is 16.3. The van der Waals surface area contributed by atoms with E-state index in [0.717, 1.165) is 25.7 Å². The van der Waals surface area contributed by atoms with Crippen molar-refractivity contribution in [3.8, 4) is 0 Å². The van der Waals surface area contributed by atoms with Crippen LogP contribution in [0.25, 0.3) is 0 Å². The van der Waals surface area contributed by atoms with Gasteiger partial charge in [-0.2, -0.15) is 0 Å². The molecule has 0 aromatic heterocycles. The molecule has 0 bridgehead atoms. The highest BCUT2D eigenvalue weighted by molar-refractivity contribution is 6.06. The van der Waals surface area contributed by atoms with Crippen LogP contribution in [0.2, 0.25) is 0 Å². The van der Waals surface area contributed by atoms with Crippen LogP contribution in [0.15, 0.2) is 11.8 Å². The lowest BCUT2D eigenvalue weighted by Crippen LogP contribution is -2.54. The van der Waals surface area contributed by atoms with Gasteiger partial charge in [-0.1, -0.05) is 12.8 Å². The van der Waals surface area contributed by atoms with Gasteiger partial charge in [-0.3, -0.25) is 10.2 Å². The predicted molar refractivity (Wildman–Crippen MR) is 70.2 cm³/mol. The van der Waals surface area contributed by atoms with Gasteiger partial charge in [-0.05, 0) is 12.8 Å². The van der Waals surface area contributed by atoms with E-state index in [1.165, 1.54) is 6.20 Å². The second-order valence-electron chi connectivity index (χ2n) is 5.75. The monoisotopic (exact) mass is 264 g/mol. The fourth-order valence-electron chi connectivity index (χ4n) is 3.79. The first-order valence-electron chi connectivity index (χ1n) is 6.86. The standard InChI is InChI=1S/C13H20N4O2/c14-7-8-5-13(6-10(18)16-12(13)19)17(11(8)15)9-3-1-2-4-9/h7,9-10,15,18H,1-6,14H2,(H,16,19)/b8-7-,15-11?. The van der Waals surface area contributed by atoms with E-state index in [4.69, 9.17) is 11.1 Å². The number of rotatable bonds is 1. The third kappa shape index (κ3) is 1.66. The lowest BCUT2D eigenvalue weighted by molar-refractivity contribution is -0.128. The summed E-state index contributed by atoms with van der Waals surface area (Å²) in [5, 5.41) is 20.6. The van der Waals surface area contributed by atoms with Gasteiger partial charge in [0, 0.05) is 30.7 Å².